The predicted molar refractivity (Wildman–Crippen MR) is 119 cm³/mol. The molecule has 0 bridgehead atoms. The number of anilines is 1. The van der Waals surface area contributed by atoms with Crippen LogP contribution in [0, 0.1) is 12.3 Å². The minimum atomic E-state index is 0.394. The Bertz CT molecular complexity index is 1270. The Morgan fingerprint density at radius 2 is 2.03 bits per heavy atom. The van der Waals surface area contributed by atoms with Crippen molar-refractivity contribution in [2.75, 3.05) is 5.73 Å². The second kappa shape index (κ2) is 6.45. The number of hydrogen-bond acceptors (Lipinski definition) is 4. The molecule has 4 heterocycles. The van der Waals surface area contributed by atoms with E-state index in [1.54, 1.807) is 6.33 Å². The summed E-state index contributed by atoms with van der Waals surface area (Å²) in [6.45, 7) is 2.06. The summed E-state index contributed by atoms with van der Waals surface area (Å²) in [7, 11) is 0. The molecule has 3 atom stereocenters. The molecule has 0 radical (unpaired) electrons. The fourth-order valence-electron chi connectivity index (χ4n) is 6.03. The summed E-state index contributed by atoms with van der Waals surface area (Å²) in [6.07, 6.45) is 15.0. The number of imidazole rings is 1. The Labute approximate surface area is 180 Å². The van der Waals surface area contributed by atoms with E-state index in [4.69, 9.17) is 17.3 Å². The first-order valence-corrected chi connectivity index (χ1v) is 11.1. The molecule has 0 saturated heterocycles. The molecule has 4 aromatic heterocycles. The highest BCUT2D eigenvalue weighted by atomic mass is 35.5. The van der Waals surface area contributed by atoms with Crippen LogP contribution < -0.4 is 5.73 Å². The summed E-state index contributed by atoms with van der Waals surface area (Å²) < 4.78 is 4.40. The van der Waals surface area contributed by atoms with Gasteiger partial charge in [-0.3, -0.25) is 0 Å². The molecule has 0 aliphatic heterocycles. The van der Waals surface area contributed by atoms with Gasteiger partial charge in [0, 0.05) is 30.3 Å². The van der Waals surface area contributed by atoms with Crippen molar-refractivity contribution >= 4 is 34.1 Å². The molecule has 30 heavy (non-hydrogen) atoms. The lowest BCUT2D eigenvalue weighted by molar-refractivity contribution is 0.291. The van der Waals surface area contributed by atoms with Crippen molar-refractivity contribution in [2.24, 2.45) is 5.41 Å². The summed E-state index contributed by atoms with van der Waals surface area (Å²) in [5, 5.41) is 1.82. The Morgan fingerprint density at radius 3 is 2.93 bits per heavy atom. The Kier molecular flexibility index (Phi) is 3.91. The molecule has 4 aromatic rings. The summed E-state index contributed by atoms with van der Waals surface area (Å²) in [5.74, 6) is 1.07. The Hall–Kier alpha value is -2.60. The number of nitrogens with zero attached hydrogens (tertiary/aromatic N) is 5. The van der Waals surface area contributed by atoms with E-state index in [0.29, 0.717) is 23.2 Å². The van der Waals surface area contributed by atoms with E-state index in [9.17, 15) is 0 Å². The van der Waals surface area contributed by atoms with Crippen LogP contribution in [0.3, 0.4) is 0 Å². The topological polar surface area (TPSA) is 74.0 Å². The van der Waals surface area contributed by atoms with Crippen molar-refractivity contribution in [2.45, 2.75) is 57.4 Å². The molecule has 6 nitrogen and oxygen atoms in total. The zero-order valence-corrected chi connectivity index (χ0v) is 17.8. The summed E-state index contributed by atoms with van der Waals surface area (Å²) >= 11 is 6.72. The monoisotopic (exact) mass is 420 g/mol. The molecule has 2 fully saturated rings. The molecular formula is C23H25ClN6. The first kappa shape index (κ1) is 18.2. The number of nitrogens with two attached hydrogens (primary N) is 1. The average molecular weight is 421 g/mol. The second-order valence-electron chi connectivity index (χ2n) is 9.26. The van der Waals surface area contributed by atoms with Gasteiger partial charge < -0.3 is 14.7 Å². The normalized spacial score (nSPS) is 26.5. The molecule has 2 unspecified atom stereocenters. The number of aromatic nitrogens is 5. The van der Waals surface area contributed by atoms with Crippen molar-refractivity contribution in [3.05, 3.63) is 53.3 Å². The number of hydrogen-bond donors (Lipinski definition) is 1. The van der Waals surface area contributed by atoms with Crippen molar-refractivity contribution in [3.8, 4) is 0 Å². The maximum atomic E-state index is 6.72. The van der Waals surface area contributed by atoms with Gasteiger partial charge in [-0.1, -0.05) is 11.6 Å². The average Bonchev–Trinajstić information content (AvgIpc) is 3.50. The number of fused-ring (bicyclic) bond motifs is 2. The Balaban J connectivity index is 1.27. The van der Waals surface area contributed by atoms with Gasteiger partial charge in [-0.15, -0.1) is 0 Å². The summed E-state index contributed by atoms with van der Waals surface area (Å²) in [4.78, 5) is 13.2. The van der Waals surface area contributed by atoms with E-state index < -0.39 is 0 Å². The number of pyridine rings is 1. The third-order valence-electron chi connectivity index (χ3n) is 7.57. The molecule has 2 saturated carbocycles. The summed E-state index contributed by atoms with van der Waals surface area (Å²) in [6, 6.07) is 4.72. The lowest BCUT2D eigenvalue weighted by Gasteiger charge is -2.24. The van der Waals surface area contributed by atoms with Gasteiger partial charge in [-0.25, -0.2) is 15.0 Å². The van der Waals surface area contributed by atoms with Gasteiger partial charge in [-0.2, -0.15) is 0 Å². The van der Waals surface area contributed by atoms with E-state index in [1.165, 1.54) is 44.1 Å². The molecule has 2 aliphatic carbocycles. The molecule has 2 aliphatic rings. The number of aryl methyl sites for hydroxylation is 1. The van der Waals surface area contributed by atoms with Crippen molar-refractivity contribution in [1.29, 1.82) is 0 Å². The largest absolute Gasteiger partial charge is 0.383 e. The number of rotatable bonds is 2. The highest BCUT2D eigenvalue weighted by Gasteiger charge is 2.46. The smallest absolute Gasteiger partial charge is 0.145 e. The first-order chi connectivity index (χ1) is 14.5. The molecule has 154 valence electrons. The fraction of sp³-hybridized carbons (Fsp3) is 0.435. The highest BCUT2D eigenvalue weighted by molar-refractivity contribution is 6.31. The third kappa shape index (κ3) is 2.66. The van der Waals surface area contributed by atoms with Crippen molar-refractivity contribution in [1.82, 2.24) is 23.9 Å². The molecule has 6 rings (SSSR count). The van der Waals surface area contributed by atoms with Crippen LogP contribution in [-0.4, -0.2) is 23.9 Å². The number of halogens is 1. The van der Waals surface area contributed by atoms with E-state index in [-0.39, 0.29) is 0 Å². The standard InChI is InChI=1S/C23H25ClN6/c1-14-11-26-20-8-18(19(24)12-30(14)20)15-2-5-23(9-15)6-3-16(10-23)29-7-4-17-21(25)27-13-28-22(17)29/h4,7-8,11-13,15-16H,2-3,5-6,9-10H2,1H3,(H2,25,27,28)/t15?,16?,23-/m0/s1. The van der Waals surface area contributed by atoms with Gasteiger partial charge >= 0.3 is 0 Å². The molecule has 7 heteroatoms. The molecule has 0 aromatic carbocycles. The number of nitrogen functional groups attached to an aromatic ring is 1. The predicted octanol–water partition coefficient (Wildman–Crippen LogP) is 5.30. The lowest BCUT2D eigenvalue weighted by Crippen LogP contribution is -2.14. The lowest BCUT2D eigenvalue weighted by atomic mass is 9.82. The van der Waals surface area contributed by atoms with E-state index >= 15 is 0 Å². The zero-order chi connectivity index (χ0) is 20.5. The van der Waals surface area contributed by atoms with Crippen LogP contribution in [0.2, 0.25) is 5.02 Å². The first-order valence-electron chi connectivity index (χ1n) is 10.7. The zero-order valence-electron chi connectivity index (χ0n) is 17.1. The van der Waals surface area contributed by atoms with Crippen molar-refractivity contribution < 1.29 is 0 Å². The fourth-order valence-corrected chi connectivity index (χ4v) is 6.34. The van der Waals surface area contributed by atoms with Crippen LogP contribution in [-0.2, 0) is 0 Å². The van der Waals surface area contributed by atoms with Crippen LogP contribution in [0.15, 0.2) is 37.1 Å². The van der Waals surface area contributed by atoms with Crippen LogP contribution in [0.25, 0.3) is 16.7 Å². The van der Waals surface area contributed by atoms with E-state index in [0.717, 1.165) is 27.4 Å². The quantitative estimate of drug-likeness (QED) is 0.477. The minimum absolute atomic E-state index is 0.394. The van der Waals surface area contributed by atoms with Crippen LogP contribution in [0.5, 0.6) is 0 Å². The maximum absolute atomic E-state index is 6.72. The highest BCUT2D eigenvalue weighted by Crippen LogP contribution is 2.59. The summed E-state index contributed by atoms with van der Waals surface area (Å²) in [5.41, 5.74) is 10.8. The van der Waals surface area contributed by atoms with E-state index in [2.05, 4.69) is 49.2 Å². The second-order valence-corrected chi connectivity index (χ2v) is 9.67. The SMILES string of the molecule is Cc1cnc2cc(C3CC[C@]4(CCC(n5ccc6c(N)ncnc65)C4)C3)c(Cl)cn12. The molecular weight excluding hydrogens is 396 g/mol. The molecule has 0 amide bonds. The molecule has 2 N–H and O–H groups in total. The molecule has 1 spiro atoms. The van der Waals surface area contributed by atoms with Gasteiger partial charge in [0.1, 0.15) is 23.4 Å². The van der Waals surface area contributed by atoms with Crippen LogP contribution in [0.1, 0.15) is 61.7 Å². The van der Waals surface area contributed by atoms with Crippen LogP contribution in [0.4, 0.5) is 5.82 Å². The minimum Gasteiger partial charge on any atom is -0.383 e. The Morgan fingerprint density at radius 1 is 1.17 bits per heavy atom. The van der Waals surface area contributed by atoms with E-state index in [1.807, 2.05) is 12.4 Å². The van der Waals surface area contributed by atoms with Gasteiger partial charge in [0.25, 0.3) is 0 Å². The van der Waals surface area contributed by atoms with Gasteiger partial charge in [-0.05, 0) is 74.5 Å². The third-order valence-corrected chi connectivity index (χ3v) is 7.88. The van der Waals surface area contributed by atoms with Gasteiger partial charge in [0.15, 0.2) is 0 Å². The maximum Gasteiger partial charge on any atom is 0.145 e. The van der Waals surface area contributed by atoms with Crippen molar-refractivity contribution in [3.63, 3.8) is 0 Å². The van der Waals surface area contributed by atoms with Gasteiger partial charge in [0.05, 0.1) is 10.4 Å². The van der Waals surface area contributed by atoms with Crippen LogP contribution >= 0.6 is 11.6 Å². The van der Waals surface area contributed by atoms with Gasteiger partial charge in [0.2, 0.25) is 0 Å².